The van der Waals surface area contributed by atoms with Gasteiger partial charge < -0.3 is 15.4 Å². The third kappa shape index (κ3) is 5.86. The molecular formula is C18H34N2O2S. The van der Waals surface area contributed by atoms with Crippen LogP contribution in [-0.4, -0.2) is 41.8 Å². The van der Waals surface area contributed by atoms with Gasteiger partial charge in [0.25, 0.3) is 0 Å². The van der Waals surface area contributed by atoms with Crippen LogP contribution in [0.3, 0.4) is 0 Å². The van der Waals surface area contributed by atoms with Crippen LogP contribution in [0.2, 0.25) is 0 Å². The second-order valence-corrected chi connectivity index (χ2v) is 9.42. The molecule has 1 amide bonds. The Kier molecular flexibility index (Phi) is 6.66. The number of amides is 1. The molecule has 2 fully saturated rings. The quantitative estimate of drug-likeness (QED) is 0.798. The van der Waals surface area contributed by atoms with Crippen molar-refractivity contribution in [3.63, 3.8) is 0 Å². The number of rotatable bonds is 5. The van der Waals surface area contributed by atoms with E-state index in [1.807, 2.05) is 20.8 Å². The molecular weight excluding hydrogens is 308 g/mol. The van der Waals surface area contributed by atoms with Crippen molar-refractivity contribution in [1.82, 2.24) is 10.6 Å². The predicted octanol–water partition coefficient (Wildman–Crippen LogP) is 3.80. The van der Waals surface area contributed by atoms with Crippen LogP contribution >= 0.6 is 11.8 Å². The van der Waals surface area contributed by atoms with Crippen LogP contribution in [0.1, 0.15) is 59.8 Å². The molecule has 134 valence electrons. The number of ether oxygens (including phenoxy) is 1. The van der Waals surface area contributed by atoms with Crippen LogP contribution in [0, 0.1) is 11.8 Å². The Morgan fingerprint density at radius 1 is 1.30 bits per heavy atom. The highest BCUT2D eigenvalue weighted by molar-refractivity contribution is 7.99. The van der Waals surface area contributed by atoms with E-state index in [0.717, 1.165) is 18.9 Å². The van der Waals surface area contributed by atoms with Gasteiger partial charge in [-0.3, -0.25) is 0 Å². The number of carbonyl (C=O) groups is 1. The highest BCUT2D eigenvalue weighted by atomic mass is 32.2. The van der Waals surface area contributed by atoms with Crippen molar-refractivity contribution in [1.29, 1.82) is 0 Å². The molecule has 2 aliphatic rings. The molecule has 2 N–H and O–H groups in total. The van der Waals surface area contributed by atoms with Crippen molar-refractivity contribution < 1.29 is 9.53 Å². The lowest BCUT2D eigenvalue weighted by Gasteiger charge is -2.44. The smallest absolute Gasteiger partial charge is 0.407 e. The van der Waals surface area contributed by atoms with Gasteiger partial charge in [0.2, 0.25) is 0 Å². The molecule has 1 aliphatic carbocycles. The van der Waals surface area contributed by atoms with Gasteiger partial charge in [0, 0.05) is 12.1 Å². The molecule has 0 spiro atoms. The molecule has 4 nitrogen and oxygen atoms in total. The van der Waals surface area contributed by atoms with Crippen molar-refractivity contribution in [3.05, 3.63) is 0 Å². The first-order valence-corrected chi connectivity index (χ1v) is 10.3. The summed E-state index contributed by atoms with van der Waals surface area (Å²) >= 11 is 2.06. The Labute approximate surface area is 145 Å². The standard InChI is InChI=1S/C18H34N2O2S/c1-14-7-5-6-9-18(14,20-11-15-8-10-23-12-15)13-19-16(21)22-17(2,3)4/h14-15,20H,5-13H2,1-4H3,(H,19,21). The van der Waals surface area contributed by atoms with Crippen molar-refractivity contribution in [2.75, 3.05) is 24.6 Å². The van der Waals surface area contributed by atoms with E-state index >= 15 is 0 Å². The molecule has 23 heavy (non-hydrogen) atoms. The van der Waals surface area contributed by atoms with Gasteiger partial charge in [0.15, 0.2) is 0 Å². The third-order valence-electron chi connectivity index (χ3n) is 5.17. The molecule has 1 aliphatic heterocycles. The van der Waals surface area contributed by atoms with Crippen LogP contribution < -0.4 is 10.6 Å². The Morgan fingerprint density at radius 2 is 2.09 bits per heavy atom. The van der Waals surface area contributed by atoms with E-state index in [1.54, 1.807) is 0 Å². The first-order chi connectivity index (χ1) is 10.8. The average molecular weight is 343 g/mol. The van der Waals surface area contributed by atoms with E-state index in [9.17, 15) is 4.79 Å². The summed E-state index contributed by atoms with van der Waals surface area (Å²) in [6.07, 6.45) is 5.95. The number of carbonyl (C=O) groups excluding carboxylic acids is 1. The summed E-state index contributed by atoms with van der Waals surface area (Å²) in [5.74, 6) is 3.94. The molecule has 0 bridgehead atoms. The van der Waals surface area contributed by atoms with Crippen LogP contribution in [0.15, 0.2) is 0 Å². The fraction of sp³-hybridized carbons (Fsp3) is 0.944. The van der Waals surface area contributed by atoms with E-state index in [-0.39, 0.29) is 11.6 Å². The fourth-order valence-electron chi connectivity index (χ4n) is 3.64. The number of thioether (sulfide) groups is 1. The maximum absolute atomic E-state index is 12.0. The molecule has 1 saturated carbocycles. The summed E-state index contributed by atoms with van der Waals surface area (Å²) in [5, 5.41) is 6.89. The minimum atomic E-state index is -0.441. The summed E-state index contributed by atoms with van der Waals surface area (Å²) in [5.41, 5.74) is -0.410. The van der Waals surface area contributed by atoms with E-state index in [2.05, 4.69) is 29.3 Å². The summed E-state index contributed by atoms with van der Waals surface area (Å²) in [4.78, 5) is 12.0. The van der Waals surface area contributed by atoms with Crippen LogP contribution in [-0.2, 0) is 4.74 Å². The Balaban J connectivity index is 1.91. The molecule has 3 unspecified atom stereocenters. The van der Waals surface area contributed by atoms with Gasteiger partial charge in [-0.1, -0.05) is 19.8 Å². The van der Waals surface area contributed by atoms with Crippen LogP contribution in [0.4, 0.5) is 4.79 Å². The molecule has 0 aromatic heterocycles. The fourth-order valence-corrected chi connectivity index (χ4v) is 4.92. The van der Waals surface area contributed by atoms with Gasteiger partial charge in [-0.05, 0) is 69.9 Å². The Hall–Kier alpha value is -0.420. The monoisotopic (exact) mass is 342 g/mol. The van der Waals surface area contributed by atoms with E-state index < -0.39 is 5.60 Å². The van der Waals surface area contributed by atoms with Gasteiger partial charge in [-0.2, -0.15) is 11.8 Å². The number of hydrogen-bond donors (Lipinski definition) is 2. The number of alkyl carbamates (subject to hydrolysis) is 1. The molecule has 0 aromatic carbocycles. The maximum atomic E-state index is 12.0. The van der Waals surface area contributed by atoms with E-state index in [4.69, 9.17) is 4.74 Å². The molecule has 1 heterocycles. The minimum Gasteiger partial charge on any atom is -0.444 e. The molecule has 0 aromatic rings. The van der Waals surface area contributed by atoms with Gasteiger partial charge in [0.1, 0.15) is 5.60 Å². The lowest BCUT2D eigenvalue weighted by atomic mass is 9.73. The van der Waals surface area contributed by atoms with E-state index in [0.29, 0.717) is 12.5 Å². The van der Waals surface area contributed by atoms with Crippen molar-refractivity contribution >= 4 is 17.9 Å². The van der Waals surface area contributed by atoms with Crippen molar-refractivity contribution in [2.45, 2.75) is 70.9 Å². The zero-order valence-corrected chi connectivity index (χ0v) is 16.1. The largest absolute Gasteiger partial charge is 0.444 e. The Morgan fingerprint density at radius 3 is 2.70 bits per heavy atom. The lowest BCUT2D eigenvalue weighted by Crippen LogP contribution is -2.60. The number of hydrogen-bond acceptors (Lipinski definition) is 4. The highest BCUT2D eigenvalue weighted by Crippen LogP contribution is 2.34. The van der Waals surface area contributed by atoms with Gasteiger partial charge in [-0.25, -0.2) is 4.79 Å². The summed E-state index contributed by atoms with van der Waals surface area (Å²) < 4.78 is 5.41. The van der Waals surface area contributed by atoms with E-state index in [1.165, 1.54) is 37.2 Å². The first-order valence-electron chi connectivity index (χ1n) is 9.10. The second kappa shape index (κ2) is 8.11. The maximum Gasteiger partial charge on any atom is 0.407 e. The second-order valence-electron chi connectivity index (χ2n) is 8.27. The normalized spacial score (nSPS) is 31.8. The summed E-state index contributed by atoms with van der Waals surface area (Å²) in [7, 11) is 0. The summed E-state index contributed by atoms with van der Waals surface area (Å²) in [6.45, 7) is 9.79. The van der Waals surface area contributed by atoms with Crippen LogP contribution in [0.25, 0.3) is 0 Å². The molecule has 1 saturated heterocycles. The van der Waals surface area contributed by atoms with Crippen molar-refractivity contribution in [3.8, 4) is 0 Å². The number of nitrogens with one attached hydrogen (secondary N) is 2. The zero-order chi connectivity index (χ0) is 16.9. The van der Waals surface area contributed by atoms with Gasteiger partial charge in [-0.15, -0.1) is 0 Å². The molecule has 0 radical (unpaired) electrons. The van der Waals surface area contributed by atoms with Crippen LogP contribution in [0.5, 0.6) is 0 Å². The molecule has 5 heteroatoms. The van der Waals surface area contributed by atoms with Crippen molar-refractivity contribution in [2.24, 2.45) is 11.8 Å². The summed E-state index contributed by atoms with van der Waals surface area (Å²) in [6, 6.07) is 0. The third-order valence-corrected chi connectivity index (χ3v) is 6.40. The van der Waals surface area contributed by atoms with Gasteiger partial charge in [0.05, 0.1) is 0 Å². The molecule has 3 atom stereocenters. The minimum absolute atomic E-state index is 0.0302. The topological polar surface area (TPSA) is 50.4 Å². The highest BCUT2D eigenvalue weighted by Gasteiger charge is 2.39. The predicted molar refractivity (Wildman–Crippen MR) is 98.0 cm³/mol. The first kappa shape index (κ1) is 18.9. The Bertz CT molecular complexity index is 391. The average Bonchev–Trinajstić information content (AvgIpc) is 2.97. The zero-order valence-electron chi connectivity index (χ0n) is 15.2. The molecule has 2 rings (SSSR count). The van der Waals surface area contributed by atoms with Gasteiger partial charge >= 0.3 is 6.09 Å². The lowest BCUT2D eigenvalue weighted by molar-refractivity contribution is 0.0478. The SMILES string of the molecule is CC1CCCCC1(CNC(=O)OC(C)(C)C)NCC1CCSC1.